The van der Waals surface area contributed by atoms with E-state index in [1.807, 2.05) is 12.1 Å². The smallest absolute Gasteiger partial charge is 0.257 e. The molecule has 0 spiro atoms. The number of halogens is 2. The zero-order chi connectivity index (χ0) is 15.8. The maximum absolute atomic E-state index is 6.13. The predicted octanol–water partition coefficient (Wildman–Crippen LogP) is 1.40. The summed E-state index contributed by atoms with van der Waals surface area (Å²) in [7, 11) is 0. The predicted molar refractivity (Wildman–Crippen MR) is 93.7 cm³/mol. The van der Waals surface area contributed by atoms with Gasteiger partial charge in [0.2, 0.25) is 0 Å². The Bertz CT molecular complexity index is 853. The van der Waals surface area contributed by atoms with Gasteiger partial charge in [0, 0.05) is 10.6 Å². The van der Waals surface area contributed by atoms with Gasteiger partial charge in [0.1, 0.15) is 12.7 Å². The molecule has 2 aromatic carbocycles. The van der Waals surface area contributed by atoms with Gasteiger partial charge in [0.25, 0.3) is 5.82 Å². The van der Waals surface area contributed by atoms with E-state index in [1.165, 1.54) is 34.6 Å². The van der Waals surface area contributed by atoms with E-state index in [2.05, 4.69) is 58.7 Å². The number of hydrogen-bond acceptors (Lipinski definition) is 0. The molecule has 0 aliphatic carbocycles. The fourth-order valence-electron chi connectivity index (χ4n) is 3.43. The van der Waals surface area contributed by atoms with E-state index in [0.29, 0.717) is 0 Å². The highest BCUT2D eigenvalue weighted by molar-refractivity contribution is 6.30. The summed E-state index contributed by atoms with van der Waals surface area (Å²) < 4.78 is 4.85. The van der Waals surface area contributed by atoms with Crippen LogP contribution in [-0.2, 0) is 19.5 Å². The maximum Gasteiger partial charge on any atom is 0.257 e. The molecule has 4 heteroatoms. The average molecular weight is 404 g/mol. The molecule has 0 N–H and O–H groups in total. The third kappa shape index (κ3) is 3.28. The van der Waals surface area contributed by atoms with E-state index in [1.54, 1.807) is 0 Å². The summed E-state index contributed by atoms with van der Waals surface area (Å²) in [5.74, 6) is 1.42. The second-order valence-electron chi connectivity index (χ2n) is 6.31. The Labute approximate surface area is 158 Å². The number of aryl methyl sites for hydroxylation is 1. The first-order chi connectivity index (χ1) is 11.2. The van der Waals surface area contributed by atoms with Crippen molar-refractivity contribution < 1.29 is 21.5 Å². The van der Waals surface area contributed by atoms with E-state index in [9.17, 15) is 0 Å². The molecule has 1 aromatic heterocycles. The molecule has 24 heavy (non-hydrogen) atoms. The molecule has 0 bridgehead atoms. The summed E-state index contributed by atoms with van der Waals surface area (Å²) in [4.78, 5) is 0. The van der Waals surface area contributed by atoms with Crippen LogP contribution in [0.3, 0.4) is 0 Å². The lowest BCUT2D eigenvalue weighted by molar-refractivity contribution is -0.694. The molecule has 0 saturated carbocycles. The summed E-state index contributed by atoms with van der Waals surface area (Å²) in [6.07, 6.45) is 4.66. The molecule has 3 aromatic rings. The van der Waals surface area contributed by atoms with Crippen molar-refractivity contribution in [3.63, 3.8) is 0 Å². The van der Waals surface area contributed by atoms with Crippen LogP contribution in [0.5, 0.6) is 0 Å². The van der Waals surface area contributed by atoms with Crippen LogP contribution in [-0.4, -0.2) is 4.57 Å². The van der Waals surface area contributed by atoms with Crippen molar-refractivity contribution in [3.05, 3.63) is 76.7 Å². The number of fused-ring (bicyclic) bond motifs is 1. The van der Waals surface area contributed by atoms with Gasteiger partial charge in [0.05, 0.1) is 13.0 Å². The molecule has 0 fully saturated rings. The van der Waals surface area contributed by atoms with E-state index < -0.39 is 0 Å². The molecule has 1 aliphatic heterocycles. The van der Waals surface area contributed by atoms with Gasteiger partial charge in [-0.25, -0.2) is 9.13 Å². The molecule has 0 saturated heterocycles. The van der Waals surface area contributed by atoms with Crippen LogP contribution in [0.1, 0.15) is 23.4 Å². The first-order valence-corrected chi connectivity index (χ1v) is 8.52. The Balaban J connectivity index is 0.00000169. The second kappa shape index (κ2) is 7.12. The number of imidazole rings is 1. The van der Waals surface area contributed by atoms with Gasteiger partial charge < -0.3 is 17.0 Å². The van der Waals surface area contributed by atoms with Crippen LogP contribution in [0, 0.1) is 6.92 Å². The summed E-state index contributed by atoms with van der Waals surface area (Å²) in [5, 5.41) is 0.803. The highest BCUT2D eigenvalue weighted by atomic mass is 79.9. The van der Waals surface area contributed by atoms with E-state index >= 15 is 0 Å². The van der Waals surface area contributed by atoms with Gasteiger partial charge in [-0.1, -0.05) is 53.6 Å². The largest absolute Gasteiger partial charge is 1.00 e. The highest BCUT2D eigenvalue weighted by Gasteiger charge is 2.28. The van der Waals surface area contributed by atoms with Crippen LogP contribution in [0.25, 0.3) is 11.3 Å². The molecule has 2 heterocycles. The van der Waals surface area contributed by atoms with Crippen LogP contribution in [0.2, 0.25) is 5.02 Å². The minimum Gasteiger partial charge on any atom is -1.00 e. The Morgan fingerprint density at radius 1 is 1.12 bits per heavy atom. The molecule has 1 aliphatic rings. The lowest BCUT2D eigenvalue weighted by Gasteiger charge is -2.00. The third-order valence-corrected chi connectivity index (χ3v) is 4.82. The second-order valence-corrected chi connectivity index (χ2v) is 6.75. The van der Waals surface area contributed by atoms with Crippen LogP contribution in [0.4, 0.5) is 0 Å². The van der Waals surface area contributed by atoms with Gasteiger partial charge in [-0.05, 0) is 31.0 Å². The fourth-order valence-corrected chi connectivity index (χ4v) is 3.65. The fraction of sp³-hybridized carbons (Fsp3) is 0.250. The molecule has 0 unspecified atom stereocenters. The average Bonchev–Trinajstić information content (AvgIpc) is 3.12. The van der Waals surface area contributed by atoms with Crippen molar-refractivity contribution >= 4 is 11.6 Å². The Kier molecular flexibility index (Phi) is 5.12. The molecule has 4 rings (SSSR count). The van der Waals surface area contributed by atoms with Crippen LogP contribution in [0.15, 0.2) is 54.7 Å². The SMILES string of the molecule is Cc1ccc(-c2c[n+](Cc3cccc(Cl)c3)c3n2CCC3)cc1.[Br-]. The Morgan fingerprint density at radius 2 is 1.92 bits per heavy atom. The number of rotatable bonds is 3. The number of aromatic nitrogens is 2. The Hall–Kier alpha value is -1.58. The minimum atomic E-state index is 0. The molecule has 124 valence electrons. The molecular formula is C20H20BrClN2. The quantitative estimate of drug-likeness (QED) is 0.585. The third-order valence-electron chi connectivity index (χ3n) is 4.58. The van der Waals surface area contributed by atoms with Crippen molar-refractivity contribution in [1.29, 1.82) is 0 Å². The number of hydrogen-bond donors (Lipinski definition) is 0. The summed E-state index contributed by atoms with van der Waals surface area (Å²) in [5.41, 5.74) is 5.16. The van der Waals surface area contributed by atoms with E-state index in [4.69, 9.17) is 11.6 Å². The zero-order valence-corrected chi connectivity index (χ0v) is 16.0. The molecule has 0 atom stereocenters. The van der Waals surface area contributed by atoms with Crippen molar-refractivity contribution in [1.82, 2.24) is 4.57 Å². The lowest BCUT2D eigenvalue weighted by atomic mass is 10.1. The maximum atomic E-state index is 6.13. The molecule has 0 radical (unpaired) electrons. The number of nitrogens with zero attached hydrogens (tertiary/aromatic N) is 2. The van der Waals surface area contributed by atoms with Gasteiger partial charge in [-0.15, -0.1) is 0 Å². The van der Waals surface area contributed by atoms with Crippen molar-refractivity contribution in [2.24, 2.45) is 0 Å². The summed E-state index contributed by atoms with van der Waals surface area (Å²) in [6, 6.07) is 17.0. The van der Waals surface area contributed by atoms with Gasteiger partial charge in [-0.3, -0.25) is 0 Å². The zero-order valence-electron chi connectivity index (χ0n) is 13.7. The first-order valence-electron chi connectivity index (χ1n) is 8.14. The van der Waals surface area contributed by atoms with Crippen LogP contribution < -0.4 is 21.5 Å². The molecular weight excluding hydrogens is 384 g/mol. The van der Waals surface area contributed by atoms with Gasteiger partial charge >= 0.3 is 0 Å². The highest BCUT2D eigenvalue weighted by Crippen LogP contribution is 2.25. The van der Waals surface area contributed by atoms with Crippen LogP contribution >= 0.6 is 11.6 Å². The monoisotopic (exact) mass is 402 g/mol. The Morgan fingerprint density at radius 3 is 2.67 bits per heavy atom. The minimum absolute atomic E-state index is 0. The normalized spacial score (nSPS) is 12.8. The molecule has 2 nitrogen and oxygen atoms in total. The summed E-state index contributed by atoms with van der Waals surface area (Å²) in [6.45, 7) is 4.12. The van der Waals surface area contributed by atoms with Gasteiger partial charge in [-0.2, -0.15) is 0 Å². The topological polar surface area (TPSA) is 8.81 Å². The summed E-state index contributed by atoms with van der Waals surface area (Å²) >= 11 is 6.13. The standard InChI is InChI=1S/C20H20ClN2.BrH/c1-15-7-9-17(10-8-15)19-14-22(20-6-3-11-23(19)20)13-16-4-2-5-18(21)12-16;/h2,4-5,7-10,12,14H,3,6,11,13H2,1H3;1H/q+1;/p-1. The first kappa shape index (κ1) is 17.2. The number of benzene rings is 2. The van der Waals surface area contributed by atoms with Crippen molar-refractivity contribution in [2.45, 2.75) is 32.9 Å². The van der Waals surface area contributed by atoms with E-state index in [0.717, 1.165) is 24.5 Å². The molecule has 0 amide bonds. The lowest BCUT2D eigenvalue weighted by Crippen LogP contribution is -3.00. The van der Waals surface area contributed by atoms with E-state index in [-0.39, 0.29) is 17.0 Å². The van der Waals surface area contributed by atoms with Crippen molar-refractivity contribution in [2.75, 3.05) is 0 Å². The van der Waals surface area contributed by atoms with Crippen molar-refractivity contribution in [3.8, 4) is 11.3 Å². The van der Waals surface area contributed by atoms with Gasteiger partial charge in [0.15, 0.2) is 5.69 Å².